The highest BCUT2D eigenvalue weighted by atomic mass is 32.1. The Bertz CT molecular complexity index is 783. The van der Waals surface area contributed by atoms with Crippen molar-refractivity contribution in [3.05, 3.63) is 70.5 Å². The van der Waals surface area contributed by atoms with Gasteiger partial charge in [-0.3, -0.25) is 9.78 Å². The van der Waals surface area contributed by atoms with Gasteiger partial charge in [0.15, 0.2) is 0 Å². The fraction of sp³-hybridized carbons (Fsp3) is 0.111. The normalized spacial score (nSPS) is 10.3. The van der Waals surface area contributed by atoms with Gasteiger partial charge in [-0.05, 0) is 29.6 Å². The van der Waals surface area contributed by atoms with E-state index in [2.05, 4.69) is 10.3 Å². The standard InChI is InChI=1S/C18H16N2O2S/c1-22-17-5-3-2-4-13(17)10-20-18(21)14-6-7-16(19-11-14)15-8-9-23-12-15/h2-9,11-12H,10H2,1H3,(H,20,21). The van der Waals surface area contributed by atoms with Crippen LogP contribution in [0.3, 0.4) is 0 Å². The van der Waals surface area contributed by atoms with Gasteiger partial charge in [0.25, 0.3) is 5.91 Å². The van der Waals surface area contributed by atoms with Crippen LogP contribution in [0.1, 0.15) is 15.9 Å². The van der Waals surface area contributed by atoms with Crippen molar-refractivity contribution in [2.45, 2.75) is 6.54 Å². The molecule has 3 aromatic rings. The van der Waals surface area contributed by atoms with Crippen molar-refractivity contribution in [3.63, 3.8) is 0 Å². The second-order valence-corrected chi connectivity index (χ2v) is 5.72. The average molecular weight is 324 g/mol. The number of ether oxygens (including phenoxy) is 1. The van der Waals surface area contributed by atoms with Gasteiger partial charge in [-0.2, -0.15) is 11.3 Å². The number of benzene rings is 1. The molecule has 4 nitrogen and oxygen atoms in total. The lowest BCUT2D eigenvalue weighted by Crippen LogP contribution is -2.23. The predicted octanol–water partition coefficient (Wildman–Crippen LogP) is 3.75. The van der Waals surface area contributed by atoms with Crippen LogP contribution in [0.5, 0.6) is 5.75 Å². The van der Waals surface area contributed by atoms with Crippen molar-refractivity contribution in [2.75, 3.05) is 7.11 Å². The number of pyridine rings is 1. The fourth-order valence-electron chi connectivity index (χ4n) is 2.24. The minimum atomic E-state index is -0.153. The molecule has 0 atom stereocenters. The molecule has 0 fully saturated rings. The summed E-state index contributed by atoms with van der Waals surface area (Å²) in [6, 6.07) is 13.3. The molecule has 2 aromatic heterocycles. The summed E-state index contributed by atoms with van der Waals surface area (Å²) in [7, 11) is 1.62. The third kappa shape index (κ3) is 3.57. The van der Waals surface area contributed by atoms with E-state index in [9.17, 15) is 4.79 Å². The molecule has 0 aliphatic carbocycles. The Morgan fingerprint density at radius 3 is 2.78 bits per heavy atom. The summed E-state index contributed by atoms with van der Waals surface area (Å²) in [5.74, 6) is 0.610. The molecular weight excluding hydrogens is 308 g/mol. The SMILES string of the molecule is COc1ccccc1CNC(=O)c1ccc(-c2ccsc2)nc1. The van der Waals surface area contributed by atoms with E-state index >= 15 is 0 Å². The zero-order chi connectivity index (χ0) is 16.1. The molecule has 1 amide bonds. The number of rotatable bonds is 5. The van der Waals surface area contributed by atoms with Gasteiger partial charge in [-0.1, -0.05) is 18.2 Å². The lowest BCUT2D eigenvalue weighted by Gasteiger charge is -2.09. The molecule has 0 spiro atoms. The summed E-state index contributed by atoms with van der Waals surface area (Å²) in [5.41, 5.74) is 3.41. The highest BCUT2D eigenvalue weighted by molar-refractivity contribution is 7.08. The summed E-state index contributed by atoms with van der Waals surface area (Å²) < 4.78 is 5.28. The van der Waals surface area contributed by atoms with E-state index < -0.39 is 0 Å². The van der Waals surface area contributed by atoms with Crippen molar-refractivity contribution in [1.82, 2.24) is 10.3 Å². The lowest BCUT2D eigenvalue weighted by atomic mass is 10.1. The van der Waals surface area contributed by atoms with Crippen LogP contribution < -0.4 is 10.1 Å². The fourth-order valence-corrected chi connectivity index (χ4v) is 2.89. The number of aromatic nitrogens is 1. The first-order valence-electron chi connectivity index (χ1n) is 7.16. The van der Waals surface area contributed by atoms with Gasteiger partial charge >= 0.3 is 0 Å². The van der Waals surface area contributed by atoms with Crippen LogP contribution in [0.15, 0.2) is 59.4 Å². The van der Waals surface area contributed by atoms with Gasteiger partial charge in [0.2, 0.25) is 0 Å². The maximum atomic E-state index is 12.2. The Kier molecular flexibility index (Phi) is 4.68. The lowest BCUT2D eigenvalue weighted by molar-refractivity contribution is 0.0950. The van der Waals surface area contributed by atoms with Gasteiger partial charge in [0.05, 0.1) is 18.4 Å². The summed E-state index contributed by atoms with van der Waals surface area (Å²) in [4.78, 5) is 16.6. The number of carbonyl (C=O) groups excluding carboxylic acids is 1. The number of para-hydroxylation sites is 1. The number of nitrogens with one attached hydrogen (secondary N) is 1. The smallest absolute Gasteiger partial charge is 0.253 e. The number of amides is 1. The first kappa shape index (κ1) is 15.2. The zero-order valence-corrected chi connectivity index (χ0v) is 13.5. The van der Waals surface area contributed by atoms with Crippen molar-refractivity contribution in [2.24, 2.45) is 0 Å². The molecule has 0 aliphatic rings. The number of methoxy groups -OCH3 is 1. The van der Waals surface area contributed by atoms with E-state index in [1.54, 1.807) is 30.7 Å². The molecule has 0 saturated heterocycles. The Labute approximate surface area is 138 Å². The monoisotopic (exact) mass is 324 g/mol. The molecule has 2 heterocycles. The van der Waals surface area contributed by atoms with Crippen molar-refractivity contribution >= 4 is 17.2 Å². The first-order valence-corrected chi connectivity index (χ1v) is 8.11. The summed E-state index contributed by atoms with van der Waals surface area (Å²) in [5, 5.41) is 6.92. The third-order valence-corrected chi connectivity index (χ3v) is 4.16. The Morgan fingerprint density at radius 2 is 2.09 bits per heavy atom. The van der Waals surface area contributed by atoms with Gasteiger partial charge in [-0.15, -0.1) is 0 Å². The van der Waals surface area contributed by atoms with Crippen LogP contribution >= 0.6 is 11.3 Å². The van der Waals surface area contributed by atoms with E-state index in [4.69, 9.17) is 4.74 Å². The number of thiophene rings is 1. The molecule has 0 radical (unpaired) electrons. The molecule has 0 bridgehead atoms. The highest BCUT2D eigenvalue weighted by Crippen LogP contribution is 2.20. The molecule has 3 rings (SSSR count). The second kappa shape index (κ2) is 7.07. The van der Waals surface area contributed by atoms with E-state index in [-0.39, 0.29) is 5.91 Å². The van der Waals surface area contributed by atoms with E-state index in [0.717, 1.165) is 22.6 Å². The van der Waals surface area contributed by atoms with Crippen LogP contribution in [0, 0.1) is 0 Å². The molecule has 116 valence electrons. The highest BCUT2D eigenvalue weighted by Gasteiger charge is 2.08. The molecule has 0 aliphatic heterocycles. The molecule has 0 unspecified atom stereocenters. The van der Waals surface area contributed by atoms with E-state index in [1.807, 2.05) is 47.2 Å². The third-order valence-electron chi connectivity index (χ3n) is 3.47. The quantitative estimate of drug-likeness (QED) is 0.777. The predicted molar refractivity (Wildman–Crippen MR) is 91.7 cm³/mol. The molecule has 1 aromatic carbocycles. The van der Waals surface area contributed by atoms with E-state index in [0.29, 0.717) is 12.1 Å². The van der Waals surface area contributed by atoms with Gasteiger partial charge < -0.3 is 10.1 Å². The summed E-state index contributed by atoms with van der Waals surface area (Å²) >= 11 is 1.62. The number of carbonyl (C=O) groups is 1. The minimum Gasteiger partial charge on any atom is -0.496 e. The van der Waals surface area contributed by atoms with Crippen LogP contribution in [0.25, 0.3) is 11.3 Å². The largest absolute Gasteiger partial charge is 0.496 e. The summed E-state index contributed by atoms with van der Waals surface area (Å²) in [6.45, 7) is 0.412. The Morgan fingerprint density at radius 1 is 1.22 bits per heavy atom. The average Bonchev–Trinajstić information content (AvgIpc) is 3.14. The number of nitrogens with zero attached hydrogens (tertiary/aromatic N) is 1. The molecule has 5 heteroatoms. The van der Waals surface area contributed by atoms with E-state index in [1.165, 1.54) is 0 Å². The van der Waals surface area contributed by atoms with Crippen LogP contribution in [-0.2, 0) is 6.54 Å². The number of hydrogen-bond donors (Lipinski definition) is 1. The summed E-state index contributed by atoms with van der Waals surface area (Å²) in [6.07, 6.45) is 1.60. The Hall–Kier alpha value is -2.66. The van der Waals surface area contributed by atoms with Crippen LogP contribution in [0.2, 0.25) is 0 Å². The van der Waals surface area contributed by atoms with Crippen molar-refractivity contribution in [1.29, 1.82) is 0 Å². The van der Waals surface area contributed by atoms with Gasteiger partial charge in [0, 0.05) is 29.2 Å². The van der Waals surface area contributed by atoms with Gasteiger partial charge in [0.1, 0.15) is 5.75 Å². The first-order chi connectivity index (χ1) is 11.3. The Balaban J connectivity index is 1.66. The molecular formula is C18H16N2O2S. The van der Waals surface area contributed by atoms with Crippen LogP contribution in [-0.4, -0.2) is 18.0 Å². The zero-order valence-electron chi connectivity index (χ0n) is 12.7. The van der Waals surface area contributed by atoms with Gasteiger partial charge in [-0.25, -0.2) is 0 Å². The second-order valence-electron chi connectivity index (χ2n) is 4.94. The topological polar surface area (TPSA) is 51.2 Å². The maximum Gasteiger partial charge on any atom is 0.253 e. The molecule has 23 heavy (non-hydrogen) atoms. The minimum absolute atomic E-state index is 0.153. The van der Waals surface area contributed by atoms with Crippen molar-refractivity contribution < 1.29 is 9.53 Å². The maximum absolute atomic E-state index is 12.2. The molecule has 1 N–H and O–H groups in total. The van der Waals surface area contributed by atoms with Crippen LogP contribution in [0.4, 0.5) is 0 Å². The number of hydrogen-bond acceptors (Lipinski definition) is 4. The molecule has 0 saturated carbocycles. The van der Waals surface area contributed by atoms with Crippen molar-refractivity contribution in [3.8, 4) is 17.0 Å².